The smallest absolute Gasteiger partial charge is 0.115 e. The normalized spacial score (nSPS) is 12.6. The van der Waals surface area contributed by atoms with Crippen molar-refractivity contribution in [2.75, 3.05) is 6.54 Å². The molecule has 18 heavy (non-hydrogen) atoms. The second-order valence-corrected chi connectivity index (χ2v) is 4.15. The number of aromatic nitrogens is 4. The summed E-state index contributed by atoms with van der Waals surface area (Å²) in [5.74, 6) is 0. The molecule has 0 aliphatic heterocycles. The first-order chi connectivity index (χ1) is 8.83. The van der Waals surface area contributed by atoms with Gasteiger partial charge in [0.05, 0.1) is 17.9 Å². The highest BCUT2D eigenvalue weighted by Gasteiger charge is 2.13. The van der Waals surface area contributed by atoms with Gasteiger partial charge in [0, 0.05) is 18.9 Å². The van der Waals surface area contributed by atoms with Crippen LogP contribution < -0.4 is 5.32 Å². The zero-order valence-electron chi connectivity index (χ0n) is 10.9. The molecule has 0 saturated heterocycles. The van der Waals surface area contributed by atoms with E-state index in [1.54, 1.807) is 12.5 Å². The number of likely N-dealkylation sites (N-methyl/N-ethyl adjacent to an activating group) is 1. The maximum absolute atomic E-state index is 4.32. The molecule has 5 nitrogen and oxygen atoms in total. The Morgan fingerprint density at radius 3 is 2.89 bits per heavy atom. The lowest BCUT2D eigenvalue weighted by atomic mass is 10.1. The minimum Gasteiger partial charge on any atom is -0.309 e. The molecule has 96 valence electrons. The Morgan fingerprint density at radius 1 is 1.39 bits per heavy atom. The number of rotatable bonds is 6. The molecule has 2 aromatic rings. The summed E-state index contributed by atoms with van der Waals surface area (Å²) in [4.78, 5) is 8.28. The summed E-state index contributed by atoms with van der Waals surface area (Å²) in [5.41, 5.74) is 2.25. The van der Waals surface area contributed by atoms with E-state index in [0.717, 1.165) is 25.2 Å². The van der Waals surface area contributed by atoms with E-state index in [1.165, 1.54) is 5.56 Å². The molecular weight excluding hydrogens is 226 g/mol. The van der Waals surface area contributed by atoms with Crippen LogP contribution in [0.25, 0.3) is 0 Å². The van der Waals surface area contributed by atoms with Crippen LogP contribution >= 0.6 is 0 Å². The third-order valence-electron chi connectivity index (χ3n) is 2.86. The lowest BCUT2D eigenvalue weighted by Gasteiger charge is -2.16. The fraction of sp³-hybridized carbons (Fsp3) is 0.462. The molecule has 0 spiro atoms. The van der Waals surface area contributed by atoms with Gasteiger partial charge in [-0.25, -0.2) is 9.97 Å². The van der Waals surface area contributed by atoms with Crippen molar-refractivity contribution >= 4 is 0 Å². The van der Waals surface area contributed by atoms with Gasteiger partial charge >= 0.3 is 0 Å². The number of hydrogen-bond donors (Lipinski definition) is 1. The molecular formula is C13H19N5. The van der Waals surface area contributed by atoms with E-state index in [4.69, 9.17) is 0 Å². The van der Waals surface area contributed by atoms with Crippen LogP contribution in [0.1, 0.15) is 31.1 Å². The molecule has 0 fully saturated rings. The summed E-state index contributed by atoms with van der Waals surface area (Å²) in [5, 5.41) is 7.75. The summed E-state index contributed by atoms with van der Waals surface area (Å²) < 4.78 is 1.94. The molecule has 0 saturated carbocycles. The summed E-state index contributed by atoms with van der Waals surface area (Å²) >= 11 is 0. The maximum atomic E-state index is 4.32. The first-order valence-corrected chi connectivity index (χ1v) is 6.34. The van der Waals surface area contributed by atoms with Crippen LogP contribution in [-0.2, 0) is 13.0 Å². The Labute approximate surface area is 107 Å². The van der Waals surface area contributed by atoms with Crippen molar-refractivity contribution in [3.05, 3.63) is 42.2 Å². The molecule has 0 bridgehead atoms. The van der Waals surface area contributed by atoms with Crippen LogP contribution in [0.15, 0.2) is 31.0 Å². The highest BCUT2D eigenvalue weighted by molar-refractivity contribution is 5.13. The van der Waals surface area contributed by atoms with E-state index in [2.05, 4.69) is 40.4 Å². The van der Waals surface area contributed by atoms with Gasteiger partial charge in [0.15, 0.2) is 0 Å². The van der Waals surface area contributed by atoms with Crippen molar-refractivity contribution in [2.45, 2.75) is 32.9 Å². The Bertz CT molecular complexity index is 465. The number of nitrogens with one attached hydrogen (secondary N) is 1. The fourth-order valence-corrected chi connectivity index (χ4v) is 1.96. The predicted octanol–water partition coefficient (Wildman–Crippen LogP) is 1.59. The SMILES string of the molecule is CCNC(Cc1cnn(CC)c1)c1ccncn1. The van der Waals surface area contributed by atoms with Crippen molar-refractivity contribution in [1.29, 1.82) is 0 Å². The molecule has 0 aliphatic carbocycles. The molecule has 1 unspecified atom stereocenters. The second kappa shape index (κ2) is 6.26. The quantitative estimate of drug-likeness (QED) is 0.839. The Kier molecular flexibility index (Phi) is 4.41. The van der Waals surface area contributed by atoms with Gasteiger partial charge in [-0.15, -0.1) is 0 Å². The number of nitrogens with zero attached hydrogens (tertiary/aromatic N) is 4. The van der Waals surface area contributed by atoms with Gasteiger partial charge in [0.25, 0.3) is 0 Å². The first kappa shape index (κ1) is 12.7. The molecule has 5 heteroatoms. The largest absolute Gasteiger partial charge is 0.309 e. The van der Waals surface area contributed by atoms with Crippen LogP contribution in [0.3, 0.4) is 0 Å². The number of hydrogen-bond acceptors (Lipinski definition) is 4. The zero-order chi connectivity index (χ0) is 12.8. The van der Waals surface area contributed by atoms with E-state index in [-0.39, 0.29) is 6.04 Å². The molecule has 0 radical (unpaired) electrons. The van der Waals surface area contributed by atoms with Gasteiger partial charge in [0.2, 0.25) is 0 Å². The van der Waals surface area contributed by atoms with Crippen molar-refractivity contribution in [3.8, 4) is 0 Å². The second-order valence-electron chi connectivity index (χ2n) is 4.15. The highest BCUT2D eigenvalue weighted by atomic mass is 15.3. The molecule has 2 rings (SSSR count). The summed E-state index contributed by atoms with van der Waals surface area (Å²) in [7, 11) is 0. The summed E-state index contributed by atoms with van der Waals surface area (Å²) in [6, 6.07) is 2.17. The van der Waals surface area contributed by atoms with Crippen LogP contribution in [0.2, 0.25) is 0 Å². The van der Waals surface area contributed by atoms with E-state index in [0.29, 0.717) is 0 Å². The van der Waals surface area contributed by atoms with Gasteiger partial charge in [-0.05, 0) is 31.5 Å². The molecule has 2 aromatic heterocycles. The van der Waals surface area contributed by atoms with Crippen LogP contribution in [-0.4, -0.2) is 26.3 Å². The maximum Gasteiger partial charge on any atom is 0.115 e. The molecule has 1 atom stereocenters. The summed E-state index contributed by atoms with van der Waals surface area (Å²) in [6.07, 6.45) is 8.28. The highest BCUT2D eigenvalue weighted by Crippen LogP contribution is 2.15. The lowest BCUT2D eigenvalue weighted by molar-refractivity contribution is 0.535. The van der Waals surface area contributed by atoms with Gasteiger partial charge in [-0.1, -0.05) is 6.92 Å². The standard InChI is InChI=1S/C13H19N5/c1-3-15-13(12-5-6-14-10-16-12)7-11-8-17-18(4-2)9-11/h5-6,8-10,13,15H,3-4,7H2,1-2H3. The van der Waals surface area contributed by atoms with Crippen molar-refractivity contribution < 1.29 is 0 Å². The molecule has 2 heterocycles. The average Bonchev–Trinajstić information content (AvgIpc) is 2.87. The Morgan fingerprint density at radius 2 is 2.28 bits per heavy atom. The number of aryl methyl sites for hydroxylation is 1. The lowest BCUT2D eigenvalue weighted by Crippen LogP contribution is -2.23. The van der Waals surface area contributed by atoms with E-state index in [9.17, 15) is 0 Å². The monoisotopic (exact) mass is 245 g/mol. The van der Waals surface area contributed by atoms with E-state index >= 15 is 0 Å². The van der Waals surface area contributed by atoms with Crippen LogP contribution in [0.4, 0.5) is 0 Å². The van der Waals surface area contributed by atoms with Gasteiger partial charge in [-0.3, -0.25) is 4.68 Å². The van der Waals surface area contributed by atoms with E-state index < -0.39 is 0 Å². The molecule has 0 aromatic carbocycles. The van der Waals surface area contributed by atoms with Crippen molar-refractivity contribution in [1.82, 2.24) is 25.1 Å². The Balaban J connectivity index is 2.11. The van der Waals surface area contributed by atoms with Crippen LogP contribution in [0.5, 0.6) is 0 Å². The van der Waals surface area contributed by atoms with Crippen molar-refractivity contribution in [3.63, 3.8) is 0 Å². The zero-order valence-corrected chi connectivity index (χ0v) is 10.9. The van der Waals surface area contributed by atoms with Gasteiger partial charge in [0.1, 0.15) is 6.33 Å². The van der Waals surface area contributed by atoms with Gasteiger partial charge in [-0.2, -0.15) is 5.10 Å². The molecule has 0 aliphatic rings. The topological polar surface area (TPSA) is 55.6 Å². The third kappa shape index (κ3) is 3.13. The Hall–Kier alpha value is -1.75. The van der Waals surface area contributed by atoms with E-state index in [1.807, 2.05) is 16.9 Å². The summed E-state index contributed by atoms with van der Waals surface area (Å²) in [6.45, 7) is 6.00. The third-order valence-corrected chi connectivity index (χ3v) is 2.86. The predicted molar refractivity (Wildman–Crippen MR) is 70.1 cm³/mol. The minimum atomic E-state index is 0.215. The molecule has 0 amide bonds. The van der Waals surface area contributed by atoms with Gasteiger partial charge < -0.3 is 5.32 Å². The first-order valence-electron chi connectivity index (χ1n) is 6.34. The van der Waals surface area contributed by atoms with Crippen LogP contribution in [0, 0.1) is 0 Å². The minimum absolute atomic E-state index is 0.215. The fourth-order valence-electron chi connectivity index (χ4n) is 1.96. The van der Waals surface area contributed by atoms with Crippen molar-refractivity contribution in [2.24, 2.45) is 0 Å². The molecule has 1 N–H and O–H groups in total. The average molecular weight is 245 g/mol.